The predicted octanol–water partition coefficient (Wildman–Crippen LogP) is 2.38. The van der Waals surface area contributed by atoms with Crippen molar-refractivity contribution >= 4 is 28.6 Å². The molecule has 1 fully saturated rings. The number of thioether (sulfide) groups is 1. The zero-order valence-electron chi connectivity index (χ0n) is 9.30. The summed E-state index contributed by atoms with van der Waals surface area (Å²) in [5.41, 5.74) is 1.43. The van der Waals surface area contributed by atoms with Crippen LogP contribution in [0, 0.1) is 0 Å². The summed E-state index contributed by atoms with van der Waals surface area (Å²) in [6.07, 6.45) is 0. The fourth-order valence-corrected chi connectivity index (χ4v) is 2.87. The number of nitrogens with zero attached hydrogens (tertiary/aromatic N) is 2. The van der Waals surface area contributed by atoms with E-state index in [0.29, 0.717) is 5.69 Å². The molecule has 0 atom stereocenters. The first-order chi connectivity index (χ1) is 8.34. The van der Waals surface area contributed by atoms with Gasteiger partial charge in [-0.05, 0) is 12.1 Å². The monoisotopic (exact) mass is 244 g/mol. The van der Waals surface area contributed by atoms with Crippen molar-refractivity contribution in [2.45, 2.75) is 0 Å². The summed E-state index contributed by atoms with van der Waals surface area (Å²) in [6.45, 7) is 0.831. The van der Waals surface area contributed by atoms with E-state index in [1.807, 2.05) is 41.3 Å². The predicted molar refractivity (Wildman–Crippen MR) is 70.1 cm³/mol. The fraction of sp³-hybridized carbons (Fsp3) is 0.231. The number of carbonyl (C=O) groups is 1. The maximum atomic E-state index is 12.1. The molecule has 3 rings (SSSR count). The number of amides is 1. The van der Waals surface area contributed by atoms with Crippen molar-refractivity contribution in [3.8, 4) is 0 Å². The summed E-state index contributed by atoms with van der Waals surface area (Å²) in [5, 5.41) is 1.07. The minimum atomic E-state index is 0.0424. The molecule has 0 unspecified atom stereocenters. The largest absolute Gasteiger partial charge is 0.327 e. The Morgan fingerprint density at radius 2 is 2.12 bits per heavy atom. The molecule has 1 saturated heterocycles. The highest BCUT2D eigenvalue weighted by molar-refractivity contribution is 7.99. The third-order valence-corrected chi connectivity index (χ3v) is 3.82. The smallest absolute Gasteiger partial charge is 0.273 e. The highest BCUT2D eigenvalue weighted by atomic mass is 32.2. The Kier molecular flexibility index (Phi) is 2.73. The molecule has 1 aliphatic heterocycles. The van der Waals surface area contributed by atoms with Crippen LogP contribution in [0.15, 0.2) is 36.4 Å². The van der Waals surface area contributed by atoms with Gasteiger partial charge in [-0.1, -0.05) is 24.3 Å². The minimum absolute atomic E-state index is 0.0424. The molecule has 0 bridgehead atoms. The van der Waals surface area contributed by atoms with Gasteiger partial charge in [-0.25, -0.2) is 4.98 Å². The number of aromatic nitrogens is 1. The first-order valence-corrected chi connectivity index (χ1v) is 6.73. The van der Waals surface area contributed by atoms with Crippen molar-refractivity contribution in [3.63, 3.8) is 0 Å². The standard InChI is InChI=1S/C13H12N2OS/c16-13(15-7-8-17-9-15)12-6-5-10-3-1-2-4-11(10)14-12/h1-6H,7-9H2. The minimum Gasteiger partial charge on any atom is -0.327 e. The van der Waals surface area contributed by atoms with Gasteiger partial charge in [-0.2, -0.15) is 0 Å². The van der Waals surface area contributed by atoms with Gasteiger partial charge < -0.3 is 4.90 Å². The van der Waals surface area contributed by atoms with Crippen LogP contribution in [0.4, 0.5) is 0 Å². The number of hydrogen-bond acceptors (Lipinski definition) is 3. The third-order valence-electron chi connectivity index (χ3n) is 2.86. The first kappa shape index (κ1) is 10.6. The van der Waals surface area contributed by atoms with Crippen LogP contribution in [0.2, 0.25) is 0 Å². The van der Waals surface area contributed by atoms with Gasteiger partial charge in [0.15, 0.2) is 0 Å². The molecule has 17 heavy (non-hydrogen) atoms. The molecule has 2 aromatic rings. The summed E-state index contributed by atoms with van der Waals surface area (Å²) in [5.74, 6) is 1.85. The summed E-state index contributed by atoms with van der Waals surface area (Å²) in [4.78, 5) is 18.4. The Balaban J connectivity index is 1.97. The van der Waals surface area contributed by atoms with Crippen molar-refractivity contribution in [1.29, 1.82) is 0 Å². The molecule has 0 saturated carbocycles. The zero-order valence-corrected chi connectivity index (χ0v) is 10.1. The van der Waals surface area contributed by atoms with Gasteiger partial charge in [0.05, 0.1) is 11.4 Å². The van der Waals surface area contributed by atoms with Gasteiger partial charge in [0.2, 0.25) is 0 Å². The topological polar surface area (TPSA) is 33.2 Å². The van der Waals surface area contributed by atoms with E-state index < -0.39 is 0 Å². The van der Waals surface area contributed by atoms with E-state index in [1.54, 1.807) is 11.8 Å². The molecule has 0 N–H and O–H groups in total. The SMILES string of the molecule is O=C(c1ccc2ccccc2n1)N1CCSC1. The average molecular weight is 244 g/mol. The van der Waals surface area contributed by atoms with Crippen LogP contribution in [0.3, 0.4) is 0 Å². The Hall–Kier alpha value is -1.55. The number of pyridine rings is 1. The van der Waals surface area contributed by atoms with Crippen LogP contribution in [-0.2, 0) is 0 Å². The molecule has 1 aliphatic rings. The average Bonchev–Trinajstić information content (AvgIpc) is 2.91. The lowest BCUT2D eigenvalue weighted by Crippen LogP contribution is -2.28. The van der Waals surface area contributed by atoms with Gasteiger partial charge in [0.1, 0.15) is 5.69 Å². The molecule has 1 amide bonds. The van der Waals surface area contributed by atoms with Gasteiger partial charge in [-0.15, -0.1) is 11.8 Å². The van der Waals surface area contributed by atoms with Crippen molar-refractivity contribution in [3.05, 3.63) is 42.1 Å². The molecule has 2 heterocycles. The number of para-hydroxylation sites is 1. The lowest BCUT2D eigenvalue weighted by Gasteiger charge is -2.13. The molecule has 1 aromatic carbocycles. The zero-order chi connectivity index (χ0) is 11.7. The molecular formula is C13H12N2OS. The van der Waals surface area contributed by atoms with Gasteiger partial charge in [0, 0.05) is 17.7 Å². The van der Waals surface area contributed by atoms with Crippen molar-refractivity contribution in [1.82, 2.24) is 9.88 Å². The van der Waals surface area contributed by atoms with Gasteiger partial charge in [-0.3, -0.25) is 4.79 Å². The lowest BCUT2D eigenvalue weighted by molar-refractivity contribution is 0.0797. The van der Waals surface area contributed by atoms with Crippen LogP contribution < -0.4 is 0 Å². The van der Waals surface area contributed by atoms with Crippen LogP contribution in [0.5, 0.6) is 0 Å². The summed E-state index contributed by atoms with van der Waals surface area (Å²) in [7, 11) is 0. The molecule has 86 valence electrons. The molecular weight excluding hydrogens is 232 g/mol. The Morgan fingerprint density at radius 3 is 2.94 bits per heavy atom. The maximum absolute atomic E-state index is 12.1. The lowest BCUT2D eigenvalue weighted by atomic mass is 10.2. The van der Waals surface area contributed by atoms with Crippen LogP contribution in [0.1, 0.15) is 10.5 Å². The highest BCUT2D eigenvalue weighted by Crippen LogP contribution is 2.17. The number of benzene rings is 1. The number of rotatable bonds is 1. The van der Waals surface area contributed by atoms with E-state index in [2.05, 4.69) is 4.98 Å². The van der Waals surface area contributed by atoms with Crippen molar-refractivity contribution < 1.29 is 4.79 Å². The number of hydrogen-bond donors (Lipinski definition) is 0. The quantitative estimate of drug-likeness (QED) is 0.772. The fourth-order valence-electron chi connectivity index (χ4n) is 1.92. The van der Waals surface area contributed by atoms with E-state index in [1.165, 1.54) is 0 Å². The van der Waals surface area contributed by atoms with Crippen molar-refractivity contribution in [2.75, 3.05) is 18.2 Å². The van der Waals surface area contributed by atoms with E-state index >= 15 is 0 Å². The van der Waals surface area contributed by atoms with E-state index in [-0.39, 0.29) is 5.91 Å². The van der Waals surface area contributed by atoms with Gasteiger partial charge in [0.25, 0.3) is 5.91 Å². The van der Waals surface area contributed by atoms with Crippen LogP contribution in [0.25, 0.3) is 10.9 Å². The van der Waals surface area contributed by atoms with E-state index in [0.717, 1.165) is 29.1 Å². The van der Waals surface area contributed by atoms with E-state index in [4.69, 9.17) is 0 Å². The first-order valence-electron chi connectivity index (χ1n) is 5.57. The second kappa shape index (κ2) is 4.37. The number of fused-ring (bicyclic) bond motifs is 1. The number of carbonyl (C=O) groups excluding carboxylic acids is 1. The molecule has 3 nitrogen and oxygen atoms in total. The molecule has 1 aromatic heterocycles. The Labute approximate surface area is 104 Å². The van der Waals surface area contributed by atoms with Gasteiger partial charge >= 0.3 is 0 Å². The van der Waals surface area contributed by atoms with Crippen LogP contribution >= 0.6 is 11.8 Å². The van der Waals surface area contributed by atoms with E-state index in [9.17, 15) is 4.79 Å². The normalized spacial score (nSPS) is 15.4. The molecule has 4 heteroatoms. The summed E-state index contributed by atoms with van der Waals surface area (Å²) < 4.78 is 0. The maximum Gasteiger partial charge on any atom is 0.273 e. The molecule has 0 radical (unpaired) electrons. The second-order valence-electron chi connectivity index (χ2n) is 4.00. The summed E-state index contributed by atoms with van der Waals surface area (Å²) >= 11 is 1.79. The molecule has 0 spiro atoms. The second-order valence-corrected chi connectivity index (χ2v) is 5.07. The highest BCUT2D eigenvalue weighted by Gasteiger charge is 2.20. The van der Waals surface area contributed by atoms with Crippen LogP contribution in [-0.4, -0.2) is 34.0 Å². The Morgan fingerprint density at radius 1 is 1.24 bits per heavy atom. The van der Waals surface area contributed by atoms with Crippen molar-refractivity contribution in [2.24, 2.45) is 0 Å². The third kappa shape index (κ3) is 2.00. The summed E-state index contributed by atoms with van der Waals surface area (Å²) in [6, 6.07) is 11.6. The molecule has 0 aliphatic carbocycles. The Bertz CT molecular complexity index is 564.